The van der Waals surface area contributed by atoms with E-state index in [0.29, 0.717) is 6.42 Å². The highest BCUT2D eigenvalue weighted by atomic mass is 28.4. The molecule has 2 bridgehead atoms. The minimum Gasteiger partial charge on any atom is -0.485 e. The molecule has 1 aromatic rings. The van der Waals surface area contributed by atoms with Crippen molar-refractivity contribution in [2.24, 2.45) is 5.92 Å². The smallest absolute Gasteiger partial charge is 0.310 e. The maximum absolute atomic E-state index is 13.1. The van der Waals surface area contributed by atoms with Crippen LogP contribution in [0.3, 0.4) is 0 Å². The number of nitrogens with one attached hydrogen (secondary N) is 2. The zero-order valence-corrected chi connectivity index (χ0v) is 21.7. The molecule has 1 aromatic carbocycles. The van der Waals surface area contributed by atoms with Crippen molar-refractivity contribution in [1.82, 2.24) is 10.6 Å². The second-order valence-electron chi connectivity index (χ2n) is 10.4. The summed E-state index contributed by atoms with van der Waals surface area (Å²) in [6.45, 7) is 14.5. The Morgan fingerprint density at radius 1 is 1.21 bits per heavy atom. The van der Waals surface area contributed by atoms with Crippen LogP contribution in [0, 0.1) is 16.0 Å². The number of amides is 2. The molecule has 0 saturated carbocycles. The summed E-state index contributed by atoms with van der Waals surface area (Å²) in [4.78, 5) is 36.6. The minimum atomic E-state index is -2.11. The quantitative estimate of drug-likeness (QED) is 0.378. The van der Waals surface area contributed by atoms with Crippen LogP contribution in [0.5, 0.6) is 5.75 Å². The van der Waals surface area contributed by atoms with Crippen molar-refractivity contribution in [3.05, 3.63) is 33.9 Å². The summed E-state index contributed by atoms with van der Waals surface area (Å²) in [5, 5.41) is 17.2. The number of nitrogens with zero attached hydrogens (tertiary/aromatic N) is 1. The fourth-order valence-corrected chi connectivity index (χ4v) is 4.21. The molecule has 0 radical (unpaired) electrons. The van der Waals surface area contributed by atoms with Gasteiger partial charge in [0.25, 0.3) is 0 Å². The average molecular weight is 480 g/mol. The molecule has 0 aliphatic carbocycles. The molecule has 10 heteroatoms. The molecule has 33 heavy (non-hydrogen) atoms. The molecule has 0 unspecified atom stereocenters. The van der Waals surface area contributed by atoms with E-state index in [1.54, 1.807) is 12.1 Å². The van der Waals surface area contributed by atoms with Crippen molar-refractivity contribution in [1.29, 1.82) is 0 Å². The Morgan fingerprint density at radius 2 is 1.88 bits per heavy atom. The minimum absolute atomic E-state index is 0.00339. The number of carbonyl (C=O) groups is 2. The first-order valence-electron chi connectivity index (χ1n) is 11.3. The van der Waals surface area contributed by atoms with Gasteiger partial charge in [-0.3, -0.25) is 19.7 Å². The lowest BCUT2D eigenvalue weighted by molar-refractivity contribution is -0.385. The number of hydrogen-bond acceptors (Lipinski definition) is 6. The van der Waals surface area contributed by atoms with Crippen LogP contribution in [0.1, 0.15) is 46.6 Å². The Balaban J connectivity index is 2.36. The summed E-state index contributed by atoms with van der Waals surface area (Å²) in [6.07, 6.45) is 0.538. The molecule has 184 valence electrons. The largest absolute Gasteiger partial charge is 0.485 e. The molecular formula is C23H37N3O6Si. The summed E-state index contributed by atoms with van der Waals surface area (Å²) in [7, 11) is -2.11. The van der Waals surface area contributed by atoms with Crippen molar-refractivity contribution >= 4 is 25.8 Å². The maximum atomic E-state index is 13.1. The number of aryl methyl sites for hydroxylation is 1. The molecular weight excluding hydrogens is 442 g/mol. The van der Waals surface area contributed by atoms with Gasteiger partial charge in [0, 0.05) is 12.5 Å². The predicted molar refractivity (Wildman–Crippen MR) is 129 cm³/mol. The van der Waals surface area contributed by atoms with Gasteiger partial charge in [0.05, 0.1) is 17.6 Å². The van der Waals surface area contributed by atoms with Crippen LogP contribution in [-0.4, -0.2) is 50.4 Å². The van der Waals surface area contributed by atoms with Gasteiger partial charge in [-0.15, -0.1) is 0 Å². The number of hydrogen-bond donors (Lipinski definition) is 2. The average Bonchev–Trinajstić information content (AvgIpc) is 2.71. The van der Waals surface area contributed by atoms with Gasteiger partial charge in [-0.25, -0.2) is 0 Å². The number of ether oxygens (including phenoxy) is 1. The van der Waals surface area contributed by atoms with E-state index >= 15 is 0 Å². The fourth-order valence-electron chi connectivity index (χ4n) is 3.16. The van der Waals surface area contributed by atoms with E-state index in [0.717, 1.165) is 5.56 Å². The van der Waals surface area contributed by atoms with E-state index < -0.39 is 25.3 Å². The standard InChI is InChI=1S/C23H37N3O6Si/c1-15(2)21-22(28)24-17(14-32-33(6,7)23(3,4)5)13-31-19-12-16(9-11-20(27)25-21)8-10-18(19)26(29)30/h8,10,12,15,17,21H,9,11,13-14H2,1-7H3,(H,24,28)(H,25,27)/t17-,21+/m1/s1. The van der Waals surface area contributed by atoms with Crippen LogP contribution in [0.15, 0.2) is 18.2 Å². The molecule has 9 nitrogen and oxygen atoms in total. The van der Waals surface area contributed by atoms with Gasteiger partial charge in [-0.1, -0.05) is 40.7 Å². The highest BCUT2D eigenvalue weighted by molar-refractivity contribution is 6.74. The molecule has 2 amide bonds. The van der Waals surface area contributed by atoms with Crippen molar-refractivity contribution in [2.75, 3.05) is 13.2 Å². The van der Waals surface area contributed by atoms with E-state index in [4.69, 9.17) is 9.16 Å². The monoisotopic (exact) mass is 479 g/mol. The normalized spacial score (nSPS) is 20.6. The first-order valence-corrected chi connectivity index (χ1v) is 14.3. The van der Waals surface area contributed by atoms with Crippen molar-refractivity contribution in [3.8, 4) is 5.75 Å². The highest BCUT2D eigenvalue weighted by Crippen LogP contribution is 2.36. The molecule has 2 rings (SSSR count). The lowest BCUT2D eigenvalue weighted by Crippen LogP contribution is -2.55. The topological polar surface area (TPSA) is 120 Å². The van der Waals surface area contributed by atoms with Crippen LogP contribution in [0.25, 0.3) is 0 Å². The first kappa shape index (κ1) is 26.8. The number of nitro benzene ring substituents is 1. The molecule has 2 N–H and O–H groups in total. The van der Waals surface area contributed by atoms with E-state index in [1.807, 2.05) is 13.8 Å². The zero-order valence-electron chi connectivity index (χ0n) is 20.7. The molecule has 1 heterocycles. The third-order valence-corrected chi connectivity index (χ3v) is 10.9. The molecule has 0 spiro atoms. The number of benzene rings is 1. The van der Waals surface area contributed by atoms with Gasteiger partial charge in [-0.2, -0.15) is 0 Å². The number of fused-ring (bicyclic) bond motifs is 2. The van der Waals surface area contributed by atoms with E-state index in [1.165, 1.54) is 6.07 Å². The molecule has 1 aliphatic heterocycles. The van der Waals surface area contributed by atoms with Gasteiger partial charge in [0.2, 0.25) is 11.8 Å². The van der Waals surface area contributed by atoms with E-state index in [2.05, 4.69) is 44.5 Å². The number of nitro groups is 1. The predicted octanol–water partition coefficient (Wildman–Crippen LogP) is 3.57. The highest BCUT2D eigenvalue weighted by Gasteiger charge is 2.38. The zero-order chi connectivity index (χ0) is 25.0. The maximum Gasteiger partial charge on any atom is 0.310 e. The Bertz CT molecular complexity index is 881. The van der Waals surface area contributed by atoms with Crippen LogP contribution in [0.4, 0.5) is 5.69 Å². The van der Waals surface area contributed by atoms with Crippen molar-refractivity contribution < 1.29 is 23.7 Å². The van der Waals surface area contributed by atoms with Crippen LogP contribution in [0.2, 0.25) is 18.1 Å². The summed E-state index contributed by atoms with van der Waals surface area (Å²) in [5.41, 5.74) is 0.591. The first-order chi connectivity index (χ1) is 15.2. The SMILES string of the molecule is CC(C)[C@@H]1NC(=O)CCc2ccc([N+](=O)[O-])c(c2)OC[C@H](CO[Si](C)(C)C(C)(C)C)NC1=O. The van der Waals surface area contributed by atoms with Gasteiger partial charge in [0.1, 0.15) is 12.6 Å². The van der Waals surface area contributed by atoms with Crippen molar-refractivity contribution in [2.45, 2.75) is 77.7 Å². The summed E-state index contributed by atoms with van der Waals surface area (Å²) in [6, 6.07) is 3.36. The van der Waals surface area contributed by atoms with Gasteiger partial charge >= 0.3 is 5.69 Å². The molecule has 2 atom stereocenters. The molecule has 1 aliphatic rings. The Hall–Kier alpha value is -2.46. The van der Waals surface area contributed by atoms with E-state index in [9.17, 15) is 19.7 Å². The Kier molecular flexibility index (Phi) is 8.64. The second kappa shape index (κ2) is 10.6. The van der Waals surface area contributed by atoms with Gasteiger partial charge in [0.15, 0.2) is 14.1 Å². The molecule has 0 aromatic heterocycles. The van der Waals surface area contributed by atoms with Gasteiger partial charge < -0.3 is 19.8 Å². The van der Waals surface area contributed by atoms with E-state index in [-0.39, 0.29) is 53.8 Å². The summed E-state index contributed by atoms with van der Waals surface area (Å²) >= 11 is 0. The Morgan fingerprint density at radius 3 is 2.45 bits per heavy atom. The Labute approximate surface area is 196 Å². The van der Waals surface area contributed by atoms with Gasteiger partial charge in [-0.05, 0) is 42.1 Å². The van der Waals surface area contributed by atoms with Crippen LogP contribution in [-0.2, 0) is 20.4 Å². The number of carbonyl (C=O) groups excluding carboxylic acids is 2. The second-order valence-corrected chi connectivity index (χ2v) is 15.2. The summed E-state index contributed by atoms with van der Waals surface area (Å²) in [5.74, 6) is -0.586. The van der Waals surface area contributed by atoms with Crippen molar-refractivity contribution in [3.63, 3.8) is 0 Å². The third kappa shape index (κ3) is 7.26. The summed E-state index contributed by atoms with van der Waals surface area (Å²) < 4.78 is 12.2. The lowest BCUT2D eigenvalue weighted by Gasteiger charge is -2.37. The molecule has 0 saturated heterocycles. The fraction of sp³-hybridized carbons (Fsp3) is 0.652. The van der Waals surface area contributed by atoms with Crippen LogP contribution < -0.4 is 15.4 Å². The number of rotatable bonds is 5. The van der Waals surface area contributed by atoms with Crippen LogP contribution >= 0.6 is 0 Å². The third-order valence-electron chi connectivity index (χ3n) is 6.37. The lowest BCUT2D eigenvalue weighted by atomic mass is 10.0. The molecule has 0 fully saturated rings.